The van der Waals surface area contributed by atoms with Crippen LogP contribution in [0.1, 0.15) is 47.8 Å². The summed E-state index contributed by atoms with van der Waals surface area (Å²) in [5, 5.41) is 0. The van der Waals surface area contributed by atoms with Crippen molar-refractivity contribution in [1.82, 2.24) is 0 Å². The van der Waals surface area contributed by atoms with Crippen LogP contribution in [0.15, 0.2) is 48.5 Å². The molecule has 20 heavy (non-hydrogen) atoms. The van der Waals surface area contributed by atoms with Crippen LogP contribution in [0.25, 0.3) is 12.2 Å². The SMILES string of the molecule is CC(C)(C)c1ccc(C=Cc2ccc(C=O)cc2)cc1. The van der Waals surface area contributed by atoms with E-state index in [0.717, 1.165) is 11.8 Å². The van der Waals surface area contributed by atoms with Gasteiger partial charge in [-0.25, -0.2) is 0 Å². The van der Waals surface area contributed by atoms with E-state index in [9.17, 15) is 4.79 Å². The molecule has 0 aliphatic rings. The smallest absolute Gasteiger partial charge is 0.150 e. The maximum atomic E-state index is 10.6. The van der Waals surface area contributed by atoms with Gasteiger partial charge in [0.25, 0.3) is 0 Å². The van der Waals surface area contributed by atoms with Crippen LogP contribution in [0.2, 0.25) is 0 Å². The average molecular weight is 264 g/mol. The van der Waals surface area contributed by atoms with Crippen molar-refractivity contribution in [3.8, 4) is 0 Å². The molecule has 102 valence electrons. The van der Waals surface area contributed by atoms with Crippen molar-refractivity contribution in [2.75, 3.05) is 0 Å². The van der Waals surface area contributed by atoms with Gasteiger partial charge in [0.15, 0.2) is 0 Å². The molecule has 0 radical (unpaired) electrons. The Kier molecular flexibility index (Phi) is 4.19. The lowest BCUT2D eigenvalue weighted by Gasteiger charge is -2.18. The predicted octanol–water partition coefficient (Wildman–Crippen LogP) is 4.97. The molecule has 0 fully saturated rings. The number of carbonyl (C=O) groups is 1. The Hall–Kier alpha value is -2.15. The third-order valence-corrected chi connectivity index (χ3v) is 3.32. The normalized spacial score (nSPS) is 11.8. The summed E-state index contributed by atoms with van der Waals surface area (Å²) in [6.07, 6.45) is 5.00. The second kappa shape index (κ2) is 5.87. The molecular formula is C19H20O. The molecule has 2 aromatic carbocycles. The van der Waals surface area contributed by atoms with Crippen molar-refractivity contribution in [3.63, 3.8) is 0 Å². The molecular weight excluding hydrogens is 244 g/mol. The van der Waals surface area contributed by atoms with Crippen molar-refractivity contribution in [3.05, 3.63) is 70.8 Å². The zero-order chi connectivity index (χ0) is 14.6. The first-order valence-electron chi connectivity index (χ1n) is 6.83. The highest BCUT2D eigenvalue weighted by Gasteiger charge is 2.12. The number of carbonyl (C=O) groups excluding carboxylic acids is 1. The van der Waals surface area contributed by atoms with Crippen LogP contribution in [0.4, 0.5) is 0 Å². The lowest BCUT2D eigenvalue weighted by molar-refractivity contribution is 0.112. The van der Waals surface area contributed by atoms with E-state index >= 15 is 0 Å². The average Bonchev–Trinajstić information content (AvgIpc) is 2.45. The molecule has 0 atom stereocenters. The summed E-state index contributed by atoms with van der Waals surface area (Å²) in [6.45, 7) is 6.64. The summed E-state index contributed by atoms with van der Waals surface area (Å²) in [7, 11) is 0. The van der Waals surface area contributed by atoms with E-state index in [1.165, 1.54) is 11.1 Å². The number of benzene rings is 2. The van der Waals surface area contributed by atoms with Gasteiger partial charge in [-0.2, -0.15) is 0 Å². The molecule has 1 heteroatoms. The predicted molar refractivity (Wildman–Crippen MR) is 85.9 cm³/mol. The Morgan fingerprint density at radius 1 is 0.700 bits per heavy atom. The van der Waals surface area contributed by atoms with Gasteiger partial charge in [-0.3, -0.25) is 4.79 Å². The topological polar surface area (TPSA) is 17.1 Å². The molecule has 0 aliphatic heterocycles. The summed E-state index contributed by atoms with van der Waals surface area (Å²) in [4.78, 5) is 10.6. The van der Waals surface area contributed by atoms with Crippen molar-refractivity contribution in [2.24, 2.45) is 0 Å². The molecule has 0 N–H and O–H groups in total. The first kappa shape index (κ1) is 14.3. The first-order valence-corrected chi connectivity index (χ1v) is 6.83. The molecule has 2 rings (SSSR count). The van der Waals surface area contributed by atoms with Gasteiger partial charge in [0.1, 0.15) is 6.29 Å². The van der Waals surface area contributed by atoms with Crippen molar-refractivity contribution >= 4 is 18.4 Å². The van der Waals surface area contributed by atoms with Gasteiger partial charge in [0, 0.05) is 5.56 Å². The Balaban J connectivity index is 2.12. The molecule has 0 spiro atoms. The fraction of sp³-hybridized carbons (Fsp3) is 0.211. The van der Waals surface area contributed by atoms with E-state index in [-0.39, 0.29) is 5.41 Å². The van der Waals surface area contributed by atoms with Crippen LogP contribution in [0.3, 0.4) is 0 Å². The van der Waals surface area contributed by atoms with E-state index in [0.29, 0.717) is 5.56 Å². The standard InChI is InChI=1S/C19H20O/c1-19(2,3)18-12-10-16(11-13-18)5-4-15-6-8-17(14-20)9-7-15/h4-14H,1-3H3. The van der Waals surface area contributed by atoms with Crippen LogP contribution in [-0.2, 0) is 5.41 Å². The maximum Gasteiger partial charge on any atom is 0.150 e. The van der Waals surface area contributed by atoms with Gasteiger partial charge in [-0.05, 0) is 22.1 Å². The summed E-state index contributed by atoms with van der Waals surface area (Å²) in [6, 6.07) is 16.2. The summed E-state index contributed by atoms with van der Waals surface area (Å²) in [5.41, 5.74) is 4.50. The Morgan fingerprint density at radius 3 is 1.50 bits per heavy atom. The number of aldehydes is 1. The highest BCUT2D eigenvalue weighted by Crippen LogP contribution is 2.22. The number of hydrogen-bond acceptors (Lipinski definition) is 1. The van der Waals surface area contributed by atoms with Crippen LogP contribution in [0.5, 0.6) is 0 Å². The largest absolute Gasteiger partial charge is 0.298 e. The monoisotopic (exact) mass is 264 g/mol. The zero-order valence-corrected chi connectivity index (χ0v) is 12.3. The zero-order valence-electron chi connectivity index (χ0n) is 12.3. The Morgan fingerprint density at radius 2 is 1.10 bits per heavy atom. The second-order valence-corrected chi connectivity index (χ2v) is 5.99. The van der Waals surface area contributed by atoms with Crippen LogP contribution >= 0.6 is 0 Å². The molecule has 0 unspecified atom stereocenters. The van der Waals surface area contributed by atoms with Crippen molar-refractivity contribution < 1.29 is 4.79 Å². The molecule has 0 heterocycles. The maximum absolute atomic E-state index is 10.6. The third-order valence-electron chi connectivity index (χ3n) is 3.32. The number of rotatable bonds is 3. The van der Waals surface area contributed by atoms with Crippen molar-refractivity contribution in [2.45, 2.75) is 26.2 Å². The second-order valence-electron chi connectivity index (χ2n) is 5.99. The van der Waals surface area contributed by atoms with E-state index < -0.39 is 0 Å². The Labute approximate surface area is 121 Å². The lowest BCUT2D eigenvalue weighted by Crippen LogP contribution is -2.10. The molecule has 0 saturated carbocycles. The van der Waals surface area contributed by atoms with Crippen LogP contribution in [0, 0.1) is 0 Å². The van der Waals surface area contributed by atoms with Gasteiger partial charge in [0.2, 0.25) is 0 Å². The fourth-order valence-electron chi connectivity index (χ4n) is 1.97. The first-order chi connectivity index (χ1) is 9.49. The molecule has 1 nitrogen and oxygen atoms in total. The summed E-state index contributed by atoms with van der Waals surface area (Å²) in [5.74, 6) is 0. The summed E-state index contributed by atoms with van der Waals surface area (Å²) < 4.78 is 0. The molecule has 2 aromatic rings. The van der Waals surface area contributed by atoms with E-state index in [1.807, 2.05) is 24.3 Å². The van der Waals surface area contributed by atoms with Gasteiger partial charge >= 0.3 is 0 Å². The van der Waals surface area contributed by atoms with Gasteiger partial charge < -0.3 is 0 Å². The van der Waals surface area contributed by atoms with E-state index in [1.54, 1.807) is 0 Å². The molecule has 0 aliphatic carbocycles. The van der Waals surface area contributed by atoms with Gasteiger partial charge in [-0.15, -0.1) is 0 Å². The number of hydrogen-bond donors (Lipinski definition) is 0. The van der Waals surface area contributed by atoms with Gasteiger partial charge in [0.05, 0.1) is 0 Å². The fourth-order valence-corrected chi connectivity index (χ4v) is 1.97. The third kappa shape index (κ3) is 3.67. The quantitative estimate of drug-likeness (QED) is 0.565. The van der Waals surface area contributed by atoms with Crippen LogP contribution < -0.4 is 0 Å². The molecule has 0 amide bonds. The lowest BCUT2D eigenvalue weighted by atomic mass is 9.87. The van der Waals surface area contributed by atoms with E-state index in [2.05, 4.69) is 57.2 Å². The minimum Gasteiger partial charge on any atom is -0.298 e. The minimum atomic E-state index is 0.187. The summed E-state index contributed by atoms with van der Waals surface area (Å²) >= 11 is 0. The van der Waals surface area contributed by atoms with Crippen molar-refractivity contribution in [1.29, 1.82) is 0 Å². The highest BCUT2D eigenvalue weighted by atomic mass is 16.1. The molecule has 0 bridgehead atoms. The highest BCUT2D eigenvalue weighted by molar-refractivity contribution is 5.76. The molecule has 0 saturated heterocycles. The Bertz CT molecular complexity index is 596. The van der Waals surface area contributed by atoms with Crippen LogP contribution in [-0.4, -0.2) is 6.29 Å². The van der Waals surface area contributed by atoms with E-state index in [4.69, 9.17) is 0 Å². The molecule has 0 aromatic heterocycles. The van der Waals surface area contributed by atoms with Gasteiger partial charge in [-0.1, -0.05) is 81.5 Å². The minimum absolute atomic E-state index is 0.187.